The fourth-order valence-electron chi connectivity index (χ4n) is 3.30. The molecule has 0 amide bonds. The molecular weight excluding hydrogens is 262 g/mol. The molecule has 1 aliphatic rings. The molecule has 0 spiro atoms. The topological polar surface area (TPSA) is 58.5 Å². The van der Waals surface area contributed by atoms with Crippen molar-refractivity contribution in [2.75, 3.05) is 13.1 Å². The van der Waals surface area contributed by atoms with Gasteiger partial charge in [0.25, 0.3) is 0 Å². The normalized spacial score (nSPS) is 18.0. The van der Waals surface area contributed by atoms with Crippen molar-refractivity contribution in [3.05, 3.63) is 35.7 Å². The zero-order valence-corrected chi connectivity index (χ0v) is 13.0. The van der Waals surface area contributed by atoms with Crippen molar-refractivity contribution in [1.82, 2.24) is 25.1 Å². The Morgan fingerprint density at radius 3 is 2.81 bits per heavy atom. The smallest absolute Gasteiger partial charge is 0.0948 e. The molecule has 5 heteroatoms. The number of hydrogen-bond acceptors (Lipinski definition) is 3. The molecule has 1 fully saturated rings. The summed E-state index contributed by atoms with van der Waals surface area (Å²) < 4.78 is 2.35. The summed E-state index contributed by atoms with van der Waals surface area (Å²) in [5.41, 5.74) is 4.18. The van der Waals surface area contributed by atoms with Crippen LogP contribution in [-0.2, 0) is 18.4 Å². The van der Waals surface area contributed by atoms with E-state index in [0.717, 1.165) is 32.5 Å². The Hall–Kier alpha value is -1.62. The van der Waals surface area contributed by atoms with E-state index in [9.17, 15) is 0 Å². The van der Waals surface area contributed by atoms with Crippen LogP contribution in [0.2, 0.25) is 0 Å². The van der Waals surface area contributed by atoms with E-state index in [2.05, 4.69) is 45.1 Å². The molecule has 0 unspecified atom stereocenters. The van der Waals surface area contributed by atoms with Crippen LogP contribution < -0.4 is 5.32 Å². The highest BCUT2D eigenvalue weighted by Crippen LogP contribution is 2.32. The van der Waals surface area contributed by atoms with Gasteiger partial charge in [0.15, 0.2) is 0 Å². The lowest BCUT2D eigenvalue weighted by Crippen LogP contribution is -2.39. The number of nitrogens with zero attached hydrogens (tertiary/aromatic N) is 3. The number of H-pyrrole nitrogens is 1. The third-order valence-corrected chi connectivity index (χ3v) is 4.82. The first-order valence-corrected chi connectivity index (χ1v) is 7.89. The van der Waals surface area contributed by atoms with Crippen LogP contribution in [0.25, 0.3) is 0 Å². The summed E-state index contributed by atoms with van der Waals surface area (Å²) in [7, 11) is 0. The van der Waals surface area contributed by atoms with E-state index in [0.29, 0.717) is 0 Å². The minimum Gasteiger partial charge on any atom is -0.334 e. The zero-order valence-electron chi connectivity index (χ0n) is 13.0. The van der Waals surface area contributed by atoms with Crippen molar-refractivity contribution in [3.63, 3.8) is 0 Å². The van der Waals surface area contributed by atoms with Crippen molar-refractivity contribution < 1.29 is 0 Å². The summed E-state index contributed by atoms with van der Waals surface area (Å²) in [6, 6.07) is 0. The van der Waals surface area contributed by atoms with E-state index in [-0.39, 0.29) is 5.41 Å². The van der Waals surface area contributed by atoms with Gasteiger partial charge in [-0.3, -0.25) is 5.10 Å². The zero-order chi connectivity index (χ0) is 14.7. The van der Waals surface area contributed by atoms with E-state index >= 15 is 0 Å². The molecule has 114 valence electrons. The van der Waals surface area contributed by atoms with Gasteiger partial charge in [-0.05, 0) is 51.3 Å². The molecular formula is C16H25N5. The third kappa shape index (κ3) is 3.02. The van der Waals surface area contributed by atoms with Crippen LogP contribution in [0.15, 0.2) is 18.7 Å². The van der Waals surface area contributed by atoms with E-state index in [1.54, 1.807) is 0 Å². The lowest BCUT2D eigenvalue weighted by atomic mass is 9.78. The van der Waals surface area contributed by atoms with Crippen LogP contribution in [-0.4, -0.2) is 32.8 Å². The maximum atomic E-state index is 4.40. The van der Waals surface area contributed by atoms with Crippen LogP contribution in [0.4, 0.5) is 0 Å². The number of aromatic nitrogens is 4. The molecule has 0 bridgehead atoms. The van der Waals surface area contributed by atoms with Gasteiger partial charge in [-0.1, -0.05) is 6.92 Å². The minimum absolute atomic E-state index is 0.271. The Balaban J connectivity index is 1.64. The monoisotopic (exact) mass is 287 g/mol. The molecule has 0 atom stereocenters. The molecule has 1 aliphatic heterocycles. The van der Waals surface area contributed by atoms with Gasteiger partial charge < -0.3 is 9.88 Å². The lowest BCUT2D eigenvalue weighted by molar-refractivity contribution is 0.316. The van der Waals surface area contributed by atoms with Gasteiger partial charge >= 0.3 is 0 Å². The molecule has 0 saturated carbocycles. The second kappa shape index (κ2) is 6.02. The predicted molar refractivity (Wildman–Crippen MR) is 83.3 cm³/mol. The average Bonchev–Trinajstić information content (AvgIpc) is 3.10. The summed E-state index contributed by atoms with van der Waals surface area (Å²) >= 11 is 0. The van der Waals surface area contributed by atoms with Gasteiger partial charge in [0.2, 0.25) is 0 Å². The van der Waals surface area contributed by atoms with Gasteiger partial charge in [-0.25, -0.2) is 4.98 Å². The minimum atomic E-state index is 0.271. The predicted octanol–water partition coefficient (Wildman–Crippen LogP) is 2.19. The molecule has 0 aromatic carbocycles. The van der Waals surface area contributed by atoms with Gasteiger partial charge in [0, 0.05) is 29.5 Å². The van der Waals surface area contributed by atoms with E-state index in [4.69, 9.17) is 0 Å². The number of rotatable bonds is 5. The van der Waals surface area contributed by atoms with Crippen LogP contribution in [0.3, 0.4) is 0 Å². The van der Waals surface area contributed by atoms with Gasteiger partial charge in [0.1, 0.15) is 0 Å². The Morgan fingerprint density at radius 2 is 2.10 bits per heavy atom. The largest absolute Gasteiger partial charge is 0.334 e. The molecule has 0 aliphatic carbocycles. The number of piperidine rings is 1. The molecule has 2 aromatic heterocycles. The van der Waals surface area contributed by atoms with Crippen LogP contribution >= 0.6 is 0 Å². The average molecular weight is 287 g/mol. The highest BCUT2D eigenvalue weighted by atomic mass is 15.1. The third-order valence-electron chi connectivity index (χ3n) is 4.82. The van der Waals surface area contributed by atoms with Crippen molar-refractivity contribution in [3.8, 4) is 0 Å². The second-order valence-electron chi connectivity index (χ2n) is 6.41. The van der Waals surface area contributed by atoms with Crippen LogP contribution in [0.1, 0.15) is 43.1 Å². The molecule has 0 radical (unpaired) electrons. The molecule has 3 rings (SSSR count). The van der Waals surface area contributed by atoms with Gasteiger partial charge in [-0.15, -0.1) is 0 Å². The summed E-state index contributed by atoms with van der Waals surface area (Å²) in [5, 5.41) is 10.5. The first-order valence-electron chi connectivity index (χ1n) is 7.89. The van der Waals surface area contributed by atoms with E-state index in [1.807, 2.05) is 12.5 Å². The standard InChI is InChI=1S/C16H25N5/c1-13-14(10-19-20-13)4-3-9-21-12-18-11-15(21)16(2)5-7-17-8-6-16/h10-12,17H,3-9H2,1-2H3,(H,19,20). The number of aryl methyl sites for hydroxylation is 3. The number of hydrogen-bond donors (Lipinski definition) is 2. The fraction of sp³-hybridized carbons (Fsp3) is 0.625. The molecule has 1 saturated heterocycles. The summed E-state index contributed by atoms with van der Waals surface area (Å²) in [6.07, 6.45) is 10.6. The first-order chi connectivity index (χ1) is 10.2. The summed E-state index contributed by atoms with van der Waals surface area (Å²) in [6.45, 7) is 7.71. The molecule has 21 heavy (non-hydrogen) atoms. The Morgan fingerprint density at radius 1 is 1.29 bits per heavy atom. The van der Waals surface area contributed by atoms with Crippen molar-refractivity contribution >= 4 is 0 Å². The maximum absolute atomic E-state index is 4.40. The van der Waals surface area contributed by atoms with Crippen molar-refractivity contribution in [1.29, 1.82) is 0 Å². The number of imidazole rings is 1. The molecule has 5 nitrogen and oxygen atoms in total. The van der Waals surface area contributed by atoms with Crippen molar-refractivity contribution in [2.45, 2.75) is 51.5 Å². The first kappa shape index (κ1) is 14.3. The Bertz CT molecular complexity index is 577. The van der Waals surface area contributed by atoms with Crippen molar-refractivity contribution in [2.24, 2.45) is 0 Å². The Labute approximate surface area is 126 Å². The van der Waals surface area contributed by atoms with E-state index < -0.39 is 0 Å². The Kier molecular flexibility index (Phi) is 4.10. The van der Waals surface area contributed by atoms with E-state index in [1.165, 1.54) is 29.8 Å². The molecule has 2 N–H and O–H groups in total. The SMILES string of the molecule is Cc1[nH]ncc1CCCn1cncc1C1(C)CCNCC1. The highest BCUT2D eigenvalue weighted by Gasteiger charge is 2.31. The van der Waals surface area contributed by atoms with Gasteiger partial charge in [-0.2, -0.15) is 5.10 Å². The molecule has 2 aromatic rings. The second-order valence-corrected chi connectivity index (χ2v) is 6.41. The van der Waals surface area contributed by atoms with Crippen LogP contribution in [0.5, 0.6) is 0 Å². The quantitative estimate of drug-likeness (QED) is 0.886. The highest BCUT2D eigenvalue weighted by molar-refractivity contribution is 5.16. The molecule has 3 heterocycles. The van der Waals surface area contributed by atoms with Gasteiger partial charge in [0.05, 0.1) is 12.5 Å². The fourth-order valence-corrected chi connectivity index (χ4v) is 3.30. The number of nitrogens with one attached hydrogen (secondary N) is 2. The maximum Gasteiger partial charge on any atom is 0.0948 e. The lowest BCUT2D eigenvalue weighted by Gasteiger charge is -2.34. The number of aromatic amines is 1. The van der Waals surface area contributed by atoms with Crippen LogP contribution in [0, 0.1) is 6.92 Å². The summed E-state index contributed by atoms with van der Waals surface area (Å²) in [4.78, 5) is 4.40. The summed E-state index contributed by atoms with van der Waals surface area (Å²) in [5.74, 6) is 0.